The SMILES string of the molecule is CC(C)NC(=O)CSc1ccccc1C(=O)OCCCC(=O)c1ccc(F)cc1. The second-order valence-corrected chi connectivity index (χ2v) is 7.69. The van der Waals surface area contributed by atoms with Gasteiger partial charge in [-0.3, -0.25) is 9.59 Å². The van der Waals surface area contributed by atoms with Crippen molar-refractivity contribution in [3.63, 3.8) is 0 Å². The summed E-state index contributed by atoms with van der Waals surface area (Å²) in [5.74, 6) is -0.921. The maximum Gasteiger partial charge on any atom is 0.339 e. The van der Waals surface area contributed by atoms with Gasteiger partial charge in [0.1, 0.15) is 5.82 Å². The third kappa shape index (κ3) is 7.69. The number of carbonyl (C=O) groups is 3. The molecule has 0 heterocycles. The van der Waals surface area contributed by atoms with Crippen LogP contribution < -0.4 is 5.32 Å². The Kier molecular flexibility index (Phi) is 8.86. The minimum atomic E-state index is -0.494. The minimum absolute atomic E-state index is 0.0564. The lowest BCUT2D eigenvalue weighted by Gasteiger charge is -2.11. The van der Waals surface area contributed by atoms with Gasteiger partial charge in [0.25, 0.3) is 0 Å². The maximum atomic E-state index is 12.9. The predicted molar refractivity (Wildman–Crippen MR) is 111 cm³/mol. The molecule has 1 amide bonds. The summed E-state index contributed by atoms with van der Waals surface area (Å²) in [7, 11) is 0. The van der Waals surface area contributed by atoms with Crippen LogP contribution in [0.1, 0.15) is 47.4 Å². The third-order valence-electron chi connectivity index (χ3n) is 3.86. The molecule has 0 spiro atoms. The van der Waals surface area contributed by atoms with Crippen LogP contribution in [0.15, 0.2) is 53.4 Å². The Morgan fingerprint density at radius 1 is 1.07 bits per heavy atom. The number of carbonyl (C=O) groups excluding carboxylic acids is 3. The molecule has 2 aromatic carbocycles. The van der Waals surface area contributed by atoms with E-state index in [0.29, 0.717) is 22.4 Å². The minimum Gasteiger partial charge on any atom is -0.462 e. The highest BCUT2D eigenvalue weighted by Crippen LogP contribution is 2.23. The van der Waals surface area contributed by atoms with Gasteiger partial charge in [-0.15, -0.1) is 11.8 Å². The van der Waals surface area contributed by atoms with E-state index in [1.54, 1.807) is 24.3 Å². The van der Waals surface area contributed by atoms with Gasteiger partial charge in [-0.2, -0.15) is 0 Å². The molecule has 0 saturated heterocycles. The summed E-state index contributed by atoms with van der Waals surface area (Å²) < 4.78 is 18.2. The highest BCUT2D eigenvalue weighted by Gasteiger charge is 2.15. The van der Waals surface area contributed by atoms with Crippen LogP contribution >= 0.6 is 11.8 Å². The largest absolute Gasteiger partial charge is 0.462 e. The number of halogens is 1. The van der Waals surface area contributed by atoms with Gasteiger partial charge in [0.05, 0.1) is 17.9 Å². The summed E-state index contributed by atoms with van der Waals surface area (Å²) in [6.07, 6.45) is 0.568. The molecule has 0 aromatic heterocycles. The number of nitrogens with one attached hydrogen (secondary N) is 1. The van der Waals surface area contributed by atoms with Gasteiger partial charge in [-0.25, -0.2) is 9.18 Å². The van der Waals surface area contributed by atoms with Crippen LogP contribution in [0.5, 0.6) is 0 Å². The first-order valence-electron chi connectivity index (χ1n) is 9.34. The number of ether oxygens (including phenoxy) is 1. The molecule has 7 heteroatoms. The van der Waals surface area contributed by atoms with Crippen molar-refractivity contribution in [3.05, 3.63) is 65.5 Å². The summed E-state index contributed by atoms with van der Waals surface area (Å²) in [4.78, 5) is 36.9. The first-order chi connectivity index (χ1) is 13.9. The van der Waals surface area contributed by atoms with Gasteiger partial charge in [-0.1, -0.05) is 12.1 Å². The molecular weight excluding hydrogens is 393 g/mol. The van der Waals surface area contributed by atoms with Crippen LogP contribution in [0.25, 0.3) is 0 Å². The van der Waals surface area contributed by atoms with E-state index in [2.05, 4.69) is 5.32 Å². The van der Waals surface area contributed by atoms with Gasteiger partial charge < -0.3 is 10.1 Å². The van der Waals surface area contributed by atoms with Crippen molar-refractivity contribution >= 4 is 29.4 Å². The van der Waals surface area contributed by atoms with Gasteiger partial charge in [0.15, 0.2) is 5.78 Å². The Balaban J connectivity index is 1.82. The van der Waals surface area contributed by atoms with Crippen LogP contribution in [-0.4, -0.2) is 36.1 Å². The molecular formula is C22H24FNO4S. The lowest BCUT2D eigenvalue weighted by atomic mass is 10.1. The second kappa shape index (κ2) is 11.4. The van der Waals surface area contributed by atoms with E-state index in [4.69, 9.17) is 4.74 Å². The van der Waals surface area contributed by atoms with Crippen molar-refractivity contribution in [2.75, 3.05) is 12.4 Å². The van der Waals surface area contributed by atoms with Crippen LogP contribution in [0, 0.1) is 5.82 Å². The molecule has 0 fully saturated rings. The highest BCUT2D eigenvalue weighted by molar-refractivity contribution is 8.00. The topological polar surface area (TPSA) is 72.5 Å². The molecule has 0 aliphatic rings. The van der Waals surface area contributed by atoms with E-state index >= 15 is 0 Å². The number of ketones is 1. The maximum absolute atomic E-state index is 12.9. The molecule has 5 nitrogen and oxygen atoms in total. The standard InChI is InChI=1S/C22H24FNO4S/c1-15(2)24-21(26)14-29-20-8-4-3-6-18(20)22(27)28-13-5-7-19(25)16-9-11-17(23)12-10-16/h3-4,6,8-12,15H,5,7,13-14H2,1-2H3,(H,24,26). The van der Waals surface area contributed by atoms with Crippen LogP contribution in [0.2, 0.25) is 0 Å². The number of hydrogen-bond donors (Lipinski definition) is 1. The molecule has 0 aliphatic heterocycles. The first kappa shape index (κ1) is 22.6. The van der Waals surface area contributed by atoms with E-state index in [1.807, 2.05) is 13.8 Å². The first-order valence-corrected chi connectivity index (χ1v) is 10.3. The van der Waals surface area contributed by atoms with Gasteiger partial charge in [0, 0.05) is 22.9 Å². The number of esters is 1. The Morgan fingerprint density at radius 3 is 2.45 bits per heavy atom. The molecule has 1 N–H and O–H groups in total. The van der Waals surface area contributed by atoms with E-state index in [1.165, 1.54) is 36.0 Å². The van der Waals surface area contributed by atoms with E-state index in [9.17, 15) is 18.8 Å². The zero-order valence-electron chi connectivity index (χ0n) is 16.4. The smallest absolute Gasteiger partial charge is 0.339 e. The normalized spacial score (nSPS) is 10.6. The fourth-order valence-corrected chi connectivity index (χ4v) is 3.38. The summed E-state index contributed by atoms with van der Waals surface area (Å²) in [6, 6.07) is 12.3. The van der Waals surface area contributed by atoms with Crippen molar-refractivity contribution < 1.29 is 23.5 Å². The molecule has 0 atom stereocenters. The van der Waals surface area contributed by atoms with Crippen LogP contribution in [-0.2, 0) is 9.53 Å². The van der Waals surface area contributed by atoms with Crippen molar-refractivity contribution in [3.8, 4) is 0 Å². The zero-order valence-corrected chi connectivity index (χ0v) is 17.3. The second-order valence-electron chi connectivity index (χ2n) is 6.68. The molecule has 0 bridgehead atoms. The Hall–Kier alpha value is -2.67. The predicted octanol–water partition coefficient (Wildman–Crippen LogP) is 4.26. The fraction of sp³-hybridized carbons (Fsp3) is 0.318. The number of rotatable bonds is 10. The average molecular weight is 418 g/mol. The van der Waals surface area contributed by atoms with E-state index in [0.717, 1.165) is 0 Å². The highest BCUT2D eigenvalue weighted by atomic mass is 32.2. The number of thioether (sulfide) groups is 1. The number of Topliss-reactive ketones (excluding diaryl/α,β-unsaturated/α-hetero) is 1. The van der Waals surface area contributed by atoms with Crippen molar-refractivity contribution in [1.82, 2.24) is 5.32 Å². The monoisotopic (exact) mass is 417 g/mol. The van der Waals surface area contributed by atoms with Crippen LogP contribution in [0.3, 0.4) is 0 Å². The molecule has 0 radical (unpaired) electrons. The summed E-state index contributed by atoms with van der Waals surface area (Å²) in [5, 5.41) is 2.80. The van der Waals surface area contributed by atoms with Crippen LogP contribution in [0.4, 0.5) is 4.39 Å². The molecule has 29 heavy (non-hydrogen) atoms. The lowest BCUT2D eigenvalue weighted by Crippen LogP contribution is -2.31. The van der Waals surface area contributed by atoms with Crippen molar-refractivity contribution in [2.24, 2.45) is 0 Å². The zero-order chi connectivity index (χ0) is 21.2. The molecule has 2 aromatic rings. The Morgan fingerprint density at radius 2 is 1.76 bits per heavy atom. The number of amides is 1. The Bertz CT molecular complexity index is 852. The lowest BCUT2D eigenvalue weighted by molar-refractivity contribution is -0.119. The molecule has 0 saturated carbocycles. The summed E-state index contributed by atoms with van der Waals surface area (Å²) in [5.41, 5.74) is 0.818. The van der Waals surface area contributed by atoms with Crippen molar-refractivity contribution in [1.29, 1.82) is 0 Å². The number of hydrogen-bond acceptors (Lipinski definition) is 5. The van der Waals surface area contributed by atoms with Gasteiger partial charge in [-0.05, 0) is 56.7 Å². The Labute approximate surface area is 174 Å². The van der Waals surface area contributed by atoms with Crippen molar-refractivity contribution in [2.45, 2.75) is 37.6 Å². The van der Waals surface area contributed by atoms with Gasteiger partial charge >= 0.3 is 5.97 Å². The molecule has 2 rings (SSSR count). The van der Waals surface area contributed by atoms with E-state index in [-0.39, 0.29) is 36.5 Å². The van der Waals surface area contributed by atoms with Gasteiger partial charge in [0.2, 0.25) is 5.91 Å². The third-order valence-corrected chi connectivity index (χ3v) is 4.94. The summed E-state index contributed by atoms with van der Waals surface area (Å²) in [6.45, 7) is 3.86. The number of benzene rings is 2. The molecule has 154 valence electrons. The molecule has 0 unspecified atom stereocenters. The molecule has 0 aliphatic carbocycles. The fourth-order valence-electron chi connectivity index (χ4n) is 2.52. The quantitative estimate of drug-likeness (QED) is 0.271. The average Bonchev–Trinajstić information content (AvgIpc) is 2.69. The van der Waals surface area contributed by atoms with E-state index < -0.39 is 11.8 Å². The summed E-state index contributed by atoms with van der Waals surface area (Å²) >= 11 is 1.27.